The number of rotatable bonds is 2. The monoisotopic (exact) mass is 319 g/mol. The number of hydrogen-bond acceptors (Lipinski definition) is 3. The highest BCUT2D eigenvalue weighted by Crippen LogP contribution is 2.20. The van der Waals surface area contributed by atoms with Crippen molar-refractivity contribution < 1.29 is 14.0 Å². The molecule has 1 aliphatic heterocycles. The number of anilines is 1. The Morgan fingerprint density at radius 2 is 1.70 bits per heavy atom. The van der Waals surface area contributed by atoms with E-state index in [1.807, 2.05) is 4.90 Å². The Labute approximate surface area is 135 Å². The first kappa shape index (κ1) is 15.8. The number of nitrogens with one attached hydrogen (secondary N) is 1. The molecule has 2 aliphatic rings. The minimum absolute atomic E-state index is 0.145. The van der Waals surface area contributed by atoms with Gasteiger partial charge < -0.3 is 15.1 Å². The summed E-state index contributed by atoms with van der Waals surface area (Å²) in [5.41, 5.74) is 0.551. The molecule has 1 aromatic carbocycles. The summed E-state index contributed by atoms with van der Waals surface area (Å²) < 4.78 is 13.8. The minimum atomic E-state index is -0.503. The zero-order chi connectivity index (χ0) is 16.2. The van der Waals surface area contributed by atoms with Crippen molar-refractivity contribution in [3.8, 4) is 0 Å². The molecule has 6 heteroatoms. The molecule has 0 spiro atoms. The summed E-state index contributed by atoms with van der Waals surface area (Å²) in [6, 6.07) is 6.77. The van der Waals surface area contributed by atoms with Gasteiger partial charge in [0.15, 0.2) is 0 Å². The summed E-state index contributed by atoms with van der Waals surface area (Å²) in [6.45, 7) is 1.93. The molecule has 2 amide bonds. The molecule has 3 rings (SSSR count). The molecule has 1 saturated carbocycles. The van der Waals surface area contributed by atoms with Crippen molar-refractivity contribution in [2.24, 2.45) is 0 Å². The fourth-order valence-electron chi connectivity index (χ4n) is 3.32. The standard InChI is InChI=1S/C17H22FN3O2/c18-14-7-3-4-8-15(14)20-9-11-21(12-10-20)17(23)16(22)19-13-5-1-2-6-13/h3-4,7-8,13H,1-2,5-6,9-12H2,(H,19,22). The first-order valence-electron chi connectivity index (χ1n) is 8.24. The van der Waals surface area contributed by atoms with Crippen LogP contribution in [0.4, 0.5) is 10.1 Å². The molecule has 1 aromatic rings. The van der Waals surface area contributed by atoms with Crippen LogP contribution in [0.2, 0.25) is 0 Å². The van der Waals surface area contributed by atoms with Gasteiger partial charge in [0, 0.05) is 32.2 Å². The maximum absolute atomic E-state index is 13.8. The normalized spacial score (nSPS) is 19.0. The van der Waals surface area contributed by atoms with Crippen LogP contribution in [0.3, 0.4) is 0 Å². The molecule has 1 heterocycles. The summed E-state index contributed by atoms with van der Waals surface area (Å²) in [7, 11) is 0. The quantitative estimate of drug-likeness (QED) is 0.841. The third-order valence-corrected chi connectivity index (χ3v) is 4.64. The van der Waals surface area contributed by atoms with Gasteiger partial charge >= 0.3 is 11.8 Å². The Morgan fingerprint density at radius 1 is 1.04 bits per heavy atom. The molecule has 1 saturated heterocycles. The van der Waals surface area contributed by atoms with Crippen LogP contribution in [0.25, 0.3) is 0 Å². The summed E-state index contributed by atoms with van der Waals surface area (Å²) in [4.78, 5) is 27.7. The number of halogens is 1. The van der Waals surface area contributed by atoms with Crippen LogP contribution in [0, 0.1) is 5.82 Å². The second kappa shape index (κ2) is 6.98. The first-order valence-corrected chi connectivity index (χ1v) is 8.24. The minimum Gasteiger partial charge on any atom is -0.366 e. The van der Waals surface area contributed by atoms with Crippen molar-refractivity contribution >= 4 is 17.5 Å². The topological polar surface area (TPSA) is 52.7 Å². The Bertz CT molecular complexity index is 579. The molecular formula is C17H22FN3O2. The van der Waals surface area contributed by atoms with Gasteiger partial charge in [-0.05, 0) is 25.0 Å². The lowest BCUT2D eigenvalue weighted by atomic mass is 10.2. The van der Waals surface area contributed by atoms with Crippen LogP contribution in [0.15, 0.2) is 24.3 Å². The van der Waals surface area contributed by atoms with Gasteiger partial charge in [0.1, 0.15) is 5.82 Å². The smallest absolute Gasteiger partial charge is 0.312 e. The summed E-state index contributed by atoms with van der Waals surface area (Å²) in [5.74, 6) is -1.23. The lowest BCUT2D eigenvalue weighted by molar-refractivity contribution is -0.146. The van der Waals surface area contributed by atoms with Crippen molar-refractivity contribution in [3.05, 3.63) is 30.1 Å². The van der Waals surface area contributed by atoms with Crippen LogP contribution in [0.5, 0.6) is 0 Å². The van der Waals surface area contributed by atoms with Gasteiger partial charge in [0.2, 0.25) is 0 Å². The second-order valence-corrected chi connectivity index (χ2v) is 6.19. The third-order valence-electron chi connectivity index (χ3n) is 4.64. The van der Waals surface area contributed by atoms with E-state index < -0.39 is 11.8 Å². The number of benzene rings is 1. The largest absolute Gasteiger partial charge is 0.366 e. The molecule has 0 bridgehead atoms. The molecular weight excluding hydrogens is 297 g/mol. The molecule has 0 unspecified atom stereocenters. The van der Waals surface area contributed by atoms with E-state index in [1.54, 1.807) is 23.1 Å². The Morgan fingerprint density at radius 3 is 2.35 bits per heavy atom. The van der Waals surface area contributed by atoms with Gasteiger partial charge in [0.05, 0.1) is 5.69 Å². The molecule has 1 N–H and O–H groups in total. The Kier molecular flexibility index (Phi) is 4.79. The van der Waals surface area contributed by atoms with Crippen molar-refractivity contribution in [2.45, 2.75) is 31.7 Å². The Hall–Kier alpha value is -2.11. The summed E-state index contributed by atoms with van der Waals surface area (Å²) in [6.07, 6.45) is 4.14. The highest BCUT2D eigenvalue weighted by atomic mass is 19.1. The van der Waals surface area contributed by atoms with E-state index in [-0.39, 0.29) is 11.9 Å². The maximum Gasteiger partial charge on any atom is 0.312 e. The third kappa shape index (κ3) is 3.63. The van der Waals surface area contributed by atoms with E-state index in [0.29, 0.717) is 31.9 Å². The molecule has 0 radical (unpaired) electrons. The van der Waals surface area contributed by atoms with Gasteiger partial charge in [-0.25, -0.2) is 4.39 Å². The number of carbonyl (C=O) groups excluding carboxylic acids is 2. The molecule has 23 heavy (non-hydrogen) atoms. The van der Waals surface area contributed by atoms with Gasteiger partial charge in [-0.15, -0.1) is 0 Å². The van der Waals surface area contributed by atoms with Crippen LogP contribution >= 0.6 is 0 Å². The fraction of sp³-hybridized carbons (Fsp3) is 0.529. The van der Waals surface area contributed by atoms with E-state index in [0.717, 1.165) is 25.7 Å². The predicted octanol–water partition coefficient (Wildman–Crippen LogP) is 1.53. The van der Waals surface area contributed by atoms with Crippen molar-refractivity contribution in [1.82, 2.24) is 10.2 Å². The summed E-state index contributed by atoms with van der Waals surface area (Å²) in [5, 5.41) is 2.82. The van der Waals surface area contributed by atoms with Crippen LogP contribution < -0.4 is 10.2 Å². The average molecular weight is 319 g/mol. The van der Waals surface area contributed by atoms with Gasteiger partial charge in [0.25, 0.3) is 0 Å². The van der Waals surface area contributed by atoms with Crippen molar-refractivity contribution in [2.75, 3.05) is 31.1 Å². The molecule has 124 valence electrons. The Balaban J connectivity index is 1.53. The van der Waals surface area contributed by atoms with Crippen molar-refractivity contribution in [1.29, 1.82) is 0 Å². The van der Waals surface area contributed by atoms with Crippen LogP contribution in [-0.4, -0.2) is 48.9 Å². The van der Waals surface area contributed by atoms with Crippen LogP contribution in [-0.2, 0) is 9.59 Å². The first-order chi connectivity index (χ1) is 11.1. The van der Waals surface area contributed by atoms with E-state index >= 15 is 0 Å². The number of carbonyl (C=O) groups is 2. The molecule has 1 aliphatic carbocycles. The maximum atomic E-state index is 13.8. The second-order valence-electron chi connectivity index (χ2n) is 6.19. The number of hydrogen-bond donors (Lipinski definition) is 1. The molecule has 0 aromatic heterocycles. The SMILES string of the molecule is O=C(NC1CCCC1)C(=O)N1CCN(c2ccccc2F)CC1. The number of piperazine rings is 1. The average Bonchev–Trinajstić information content (AvgIpc) is 3.08. The van der Waals surface area contributed by atoms with Gasteiger partial charge in [-0.2, -0.15) is 0 Å². The zero-order valence-corrected chi connectivity index (χ0v) is 13.1. The van der Waals surface area contributed by atoms with Gasteiger partial charge in [-0.3, -0.25) is 9.59 Å². The van der Waals surface area contributed by atoms with E-state index in [2.05, 4.69) is 5.32 Å². The summed E-state index contributed by atoms with van der Waals surface area (Å²) >= 11 is 0. The zero-order valence-electron chi connectivity index (χ0n) is 13.1. The lowest BCUT2D eigenvalue weighted by Gasteiger charge is -2.36. The fourth-order valence-corrected chi connectivity index (χ4v) is 3.32. The predicted molar refractivity (Wildman–Crippen MR) is 85.6 cm³/mol. The van der Waals surface area contributed by atoms with E-state index in [4.69, 9.17) is 0 Å². The number of para-hydroxylation sites is 1. The van der Waals surface area contributed by atoms with Crippen molar-refractivity contribution in [3.63, 3.8) is 0 Å². The van der Waals surface area contributed by atoms with E-state index in [9.17, 15) is 14.0 Å². The molecule has 5 nitrogen and oxygen atoms in total. The molecule has 2 fully saturated rings. The lowest BCUT2D eigenvalue weighted by Crippen LogP contribution is -2.53. The van der Waals surface area contributed by atoms with Gasteiger partial charge in [-0.1, -0.05) is 25.0 Å². The highest BCUT2D eigenvalue weighted by Gasteiger charge is 2.28. The highest BCUT2D eigenvalue weighted by molar-refractivity contribution is 6.35. The van der Waals surface area contributed by atoms with Crippen LogP contribution in [0.1, 0.15) is 25.7 Å². The molecule has 0 atom stereocenters. The number of nitrogens with zero attached hydrogens (tertiary/aromatic N) is 2. The number of amides is 2. The van der Waals surface area contributed by atoms with E-state index in [1.165, 1.54) is 6.07 Å².